The largest absolute Gasteiger partial charge is 0.207 e. The average molecular weight is 697 g/mol. The van der Waals surface area contributed by atoms with Gasteiger partial charge in [0.25, 0.3) is 0 Å². The lowest BCUT2D eigenvalue weighted by Gasteiger charge is -2.35. The maximum atomic E-state index is 14.4. The SMILES string of the molecule is Fc1ccc(P(C2=CCC3C=CC=CC3=C2c2c(P(c3ccc(F)cc3)c3ccc(F)cc3)ccc3ccccc23)c2ccc(F)cc2)cc1. The van der Waals surface area contributed by atoms with Crippen molar-refractivity contribution in [1.82, 2.24) is 0 Å². The number of benzene rings is 6. The monoisotopic (exact) mass is 696 g/mol. The maximum Gasteiger partial charge on any atom is 0.123 e. The minimum atomic E-state index is -1.30. The van der Waals surface area contributed by atoms with Gasteiger partial charge in [0.15, 0.2) is 0 Å². The number of rotatable bonds is 7. The van der Waals surface area contributed by atoms with E-state index in [0.717, 1.165) is 60.2 Å². The van der Waals surface area contributed by atoms with Crippen LogP contribution in [0.3, 0.4) is 0 Å². The Morgan fingerprint density at radius 1 is 0.500 bits per heavy atom. The van der Waals surface area contributed by atoms with Crippen molar-refractivity contribution < 1.29 is 17.6 Å². The lowest BCUT2D eigenvalue weighted by atomic mass is 9.80. The molecule has 0 aromatic heterocycles. The molecule has 0 N–H and O–H groups in total. The summed E-state index contributed by atoms with van der Waals surface area (Å²) in [6, 6.07) is 39.2. The van der Waals surface area contributed by atoms with Crippen LogP contribution in [-0.4, -0.2) is 0 Å². The van der Waals surface area contributed by atoms with Crippen LogP contribution in [0.1, 0.15) is 12.0 Å². The van der Waals surface area contributed by atoms with Crippen molar-refractivity contribution in [3.8, 4) is 0 Å². The van der Waals surface area contributed by atoms with E-state index in [1.54, 1.807) is 0 Å². The minimum Gasteiger partial charge on any atom is -0.207 e. The molecule has 0 bridgehead atoms. The zero-order valence-electron chi connectivity index (χ0n) is 26.8. The van der Waals surface area contributed by atoms with Gasteiger partial charge in [-0.3, -0.25) is 0 Å². The first-order chi connectivity index (χ1) is 24.4. The molecule has 8 rings (SSSR count). The summed E-state index contributed by atoms with van der Waals surface area (Å²) in [7, 11) is -2.57. The third kappa shape index (κ3) is 6.20. The smallest absolute Gasteiger partial charge is 0.123 e. The second kappa shape index (κ2) is 13.8. The number of halogens is 4. The Morgan fingerprint density at radius 2 is 1.00 bits per heavy atom. The summed E-state index contributed by atoms with van der Waals surface area (Å²) in [5.41, 5.74) is 3.32. The lowest BCUT2D eigenvalue weighted by Crippen LogP contribution is -2.26. The van der Waals surface area contributed by atoms with Crippen molar-refractivity contribution >= 4 is 58.7 Å². The summed E-state index contributed by atoms with van der Waals surface area (Å²) in [5, 5.41) is 8.07. The molecular formula is C44H30F4P2. The Labute approximate surface area is 291 Å². The van der Waals surface area contributed by atoms with Gasteiger partial charge < -0.3 is 0 Å². The topological polar surface area (TPSA) is 0 Å². The molecule has 0 amide bonds. The zero-order valence-corrected chi connectivity index (χ0v) is 28.6. The van der Waals surface area contributed by atoms with E-state index < -0.39 is 15.8 Å². The van der Waals surface area contributed by atoms with Crippen molar-refractivity contribution in [2.24, 2.45) is 5.92 Å². The molecule has 6 aromatic carbocycles. The number of hydrogen-bond acceptors (Lipinski definition) is 0. The van der Waals surface area contributed by atoms with Crippen LogP contribution in [0.15, 0.2) is 175 Å². The highest BCUT2D eigenvalue weighted by Crippen LogP contribution is 2.56. The van der Waals surface area contributed by atoms with Gasteiger partial charge in [-0.1, -0.05) is 115 Å². The van der Waals surface area contributed by atoms with Gasteiger partial charge in [-0.25, -0.2) is 17.6 Å². The van der Waals surface area contributed by atoms with Gasteiger partial charge in [0.05, 0.1) is 0 Å². The number of allylic oxidation sites excluding steroid dienone is 8. The summed E-state index contributed by atoms with van der Waals surface area (Å²) in [5.74, 6) is -1.16. The third-order valence-electron chi connectivity index (χ3n) is 9.22. The molecule has 0 aliphatic heterocycles. The van der Waals surface area contributed by atoms with E-state index in [4.69, 9.17) is 0 Å². The fourth-order valence-corrected chi connectivity index (χ4v) is 11.9. The van der Waals surface area contributed by atoms with Crippen molar-refractivity contribution in [3.63, 3.8) is 0 Å². The van der Waals surface area contributed by atoms with Crippen LogP contribution < -0.4 is 26.5 Å². The molecule has 0 saturated carbocycles. The Morgan fingerprint density at radius 3 is 1.54 bits per heavy atom. The standard InChI is InChI=1S/C44H30F4P2/c45-31-11-19-35(20-12-31)49(36-21-13-32(46)14-22-36)41-27-9-29-5-1-3-7-39(29)43(41)44-40-8-4-2-6-30(40)10-28-42(44)50(37-23-15-33(47)16-24-37)38-25-17-34(48)18-26-38/h1-9,11-28,30H,10H2. The molecule has 6 heteroatoms. The predicted octanol–water partition coefficient (Wildman–Crippen LogP) is 10.1. The quantitative estimate of drug-likeness (QED) is 0.115. The molecule has 244 valence electrons. The molecule has 6 aromatic rings. The fraction of sp³-hybridized carbons (Fsp3) is 0.0455. The van der Waals surface area contributed by atoms with Crippen LogP contribution in [0.4, 0.5) is 17.6 Å². The summed E-state index contributed by atoms with van der Waals surface area (Å²) in [6.07, 6.45) is 11.7. The molecule has 0 nitrogen and oxygen atoms in total. The van der Waals surface area contributed by atoms with Gasteiger partial charge in [-0.05, 0) is 130 Å². The normalized spacial score (nSPS) is 15.6. The van der Waals surface area contributed by atoms with Crippen LogP contribution >= 0.6 is 15.8 Å². The van der Waals surface area contributed by atoms with Gasteiger partial charge in [-0.15, -0.1) is 0 Å². The van der Waals surface area contributed by atoms with Crippen molar-refractivity contribution in [2.75, 3.05) is 0 Å². The molecule has 1 unspecified atom stereocenters. The molecule has 0 heterocycles. The maximum absolute atomic E-state index is 14.4. The van der Waals surface area contributed by atoms with E-state index in [1.165, 1.54) is 54.1 Å². The Balaban J connectivity index is 1.46. The van der Waals surface area contributed by atoms with Crippen molar-refractivity contribution in [3.05, 3.63) is 204 Å². The summed E-state index contributed by atoms with van der Waals surface area (Å²) < 4.78 is 57.5. The van der Waals surface area contributed by atoms with E-state index >= 15 is 0 Å². The predicted molar refractivity (Wildman–Crippen MR) is 203 cm³/mol. The van der Waals surface area contributed by atoms with Gasteiger partial charge >= 0.3 is 0 Å². The summed E-state index contributed by atoms with van der Waals surface area (Å²) >= 11 is 0. The van der Waals surface area contributed by atoms with Crippen molar-refractivity contribution in [1.29, 1.82) is 0 Å². The zero-order chi connectivity index (χ0) is 34.2. The van der Waals surface area contributed by atoms with Crippen LogP contribution in [0.25, 0.3) is 16.3 Å². The summed E-state index contributed by atoms with van der Waals surface area (Å²) in [4.78, 5) is 0. The van der Waals surface area contributed by atoms with E-state index in [2.05, 4.69) is 54.6 Å². The second-order valence-corrected chi connectivity index (χ2v) is 16.6. The van der Waals surface area contributed by atoms with Gasteiger partial charge in [0.1, 0.15) is 23.3 Å². The van der Waals surface area contributed by atoms with Gasteiger partial charge in [-0.2, -0.15) is 0 Å². The van der Waals surface area contributed by atoms with E-state index in [0.29, 0.717) is 0 Å². The van der Waals surface area contributed by atoms with Crippen LogP contribution in [-0.2, 0) is 0 Å². The Bertz CT molecular complexity index is 2230. The highest BCUT2D eigenvalue weighted by atomic mass is 31.1. The first-order valence-corrected chi connectivity index (χ1v) is 19.1. The molecule has 1 atom stereocenters. The molecule has 0 radical (unpaired) electrons. The summed E-state index contributed by atoms with van der Waals surface area (Å²) in [6.45, 7) is 0. The van der Waals surface area contributed by atoms with Crippen molar-refractivity contribution in [2.45, 2.75) is 6.42 Å². The Kier molecular flexibility index (Phi) is 8.92. The first kappa shape index (κ1) is 32.3. The molecular weight excluding hydrogens is 666 g/mol. The molecule has 0 spiro atoms. The molecule has 0 fully saturated rings. The molecule has 50 heavy (non-hydrogen) atoms. The van der Waals surface area contributed by atoms with Gasteiger partial charge in [0, 0.05) is 5.92 Å². The van der Waals surface area contributed by atoms with Crippen LogP contribution in [0, 0.1) is 29.2 Å². The van der Waals surface area contributed by atoms with E-state index in [9.17, 15) is 17.6 Å². The molecule has 0 saturated heterocycles. The first-order valence-electron chi connectivity index (χ1n) is 16.4. The van der Waals surface area contributed by atoms with E-state index in [-0.39, 0.29) is 29.2 Å². The Hall–Kier alpha value is -4.88. The highest BCUT2D eigenvalue weighted by molar-refractivity contribution is 7.80. The molecule has 2 aliphatic carbocycles. The average Bonchev–Trinajstić information content (AvgIpc) is 3.15. The second-order valence-electron chi connectivity index (χ2n) is 12.3. The minimum absolute atomic E-state index is 0.131. The van der Waals surface area contributed by atoms with E-state index in [1.807, 2.05) is 60.7 Å². The number of hydrogen-bond donors (Lipinski definition) is 0. The molecule has 2 aliphatic rings. The van der Waals surface area contributed by atoms with Crippen LogP contribution in [0.5, 0.6) is 0 Å². The highest BCUT2D eigenvalue weighted by Gasteiger charge is 2.34. The van der Waals surface area contributed by atoms with Crippen LogP contribution in [0.2, 0.25) is 0 Å². The third-order valence-corrected chi connectivity index (χ3v) is 14.2. The number of fused-ring (bicyclic) bond motifs is 2. The fourth-order valence-electron chi connectivity index (χ4n) is 6.95. The van der Waals surface area contributed by atoms with Gasteiger partial charge in [0.2, 0.25) is 0 Å². The lowest BCUT2D eigenvalue weighted by molar-refractivity contribution is 0.628.